The Labute approximate surface area is 67.8 Å². The molecular formula is C8H6N4. The Kier molecular flexibility index (Phi) is 0.889. The SMILES string of the molecule is c1ccc2c(c1)nc1[nH]ncn12. The number of benzene rings is 1. The predicted molar refractivity (Wildman–Crippen MR) is 44.8 cm³/mol. The zero-order valence-electron chi connectivity index (χ0n) is 6.23. The fraction of sp³-hybridized carbons (Fsp3) is 0. The van der Waals surface area contributed by atoms with Gasteiger partial charge < -0.3 is 0 Å². The third kappa shape index (κ3) is 0.567. The van der Waals surface area contributed by atoms with Crippen molar-refractivity contribution in [1.29, 1.82) is 0 Å². The van der Waals surface area contributed by atoms with Crippen molar-refractivity contribution in [3.63, 3.8) is 0 Å². The first-order valence-electron chi connectivity index (χ1n) is 3.71. The molecule has 2 heterocycles. The van der Waals surface area contributed by atoms with E-state index in [9.17, 15) is 0 Å². The van der Waals surface area contributed by atoms with E-state index >= 15 is 0 Å². The van der Waals surface area contributed by atoms with Crippen molar-refractivity contribution in [2.75, 3.05) is 0 Å². The van der Waals surface area contributed by atoms with Gasteiger partial charge in [0.05, 0.1) is 11.0 Å². The topological polar surface area (TPSA) is 46.0 Å². The summed E-state index contributed by atoms with van der Waals surface area (Å²) in [5, 5.41) is 6.70. The fourth-order valence-corrected chi connectivity index (χ4v) is 1.38. The average molecular weight is 158 g/mol. The second-order valence-corrected chi connectivity index (χ2v) is 2.65. The summed E-state index contributed by atoms with van der Waals surface area (Å²) in [6.45, 7) is 0. The molecule has 0 fully saturated rings. The van der Waals surface area contributed by atoms with Gasteiger partial charge in [0.1, 0.15) is 6.33 Å². The number of nitrogens with one attached hydrogen (secondary N) is 1. The Hall–Kier alpha value is -1.84. The largest absolute Gasteiger partial charge is 0.266 e. The van der Waals surface area contributed by atoms with E-state index in [1.807, 2.05) is 28.7 Å². The lowest BCUT2D eigenvalue weighted by Gasteiger charge is -1.85. The lowest BCUT2D eigenvalue weighted by molar-refractivity contribution is 1.10. The molecule has 3 aromatic rings. The molecule has 0 bridgehead atoms. The van der Waals surface area contributed by atoms with Crippen LogP contribution < -0.4 is 0 Å². The van der Waals surface area contributed by atoms with E-state index in [2.05, 4.69) is 15.2 Å². The van der Waals surface area contributed by atoms with E-state index in [1.165, 1.54) is 0 Å². The number of imidazole rings is 1. The van der Waals surface area contributed by atoms with Crippen molar-refractivity contribution in [3.8, 4) is 0 Å². The van der Waals surface area contributed by atoms with Gasteiger partial charge in [0.25, 0.3) is 0 Å². The van der Waals surface area contributed by atoms with E-state index in [-0.39, 0.29) is 0 Å². The molecule has 0 aliphatic heterocycles. The quantitative estimate of drug-likeness (QED) is 0.534. The Bertz CT molecular complexity index is 533. The Morgan fingerprint density at radius 2 is 2.17 bits per heavy atom. The lowest BCUT2D eigenvalue weighted by atomic mass is 10.3. The normalized spacial score (nSPS) is 11.3. The van der Waals surface area contributed by atoms with Crippen LogP contribution in [0.15, 0.2) is 30.6 Å². The summed E-state index contributed by atoms with van der Waals surface area (Å²) in [6.07, 6.45) is 1.73. The van der Waals surface area contributed by atoms with Gasteiger partial charge >= 0.3 is 0 Å². The monoisotopic (exact) mass is 158 g/mol. The van der Waals surface area contributed by atoms with Crippen LogP contribution in [0.3, 0.4) is 0 Å². The number of aromatic nitrogens is 4. The highest BCUT2D eigenvalue weighted by atomic mass is 15.3. The first-order chi connectivity index (χ1) is 5.95. The molecule has 0 unspecified atom stereocenters. The molecule has 1 aromatic carbocycles. The zero-order chi connectivity index (χ0) is 7.97. The molecule has 4 nitrogen and oxygen atoms in total. The van der Waals surface area contributed by atoms with E-state index < -0.39 is 0 Å². The third-order valence-corrected chi connectivity index (χ3v) is 1.93. The van der Waals surface area contributed by atoms with Crippen LogP contribution in [0.5, 0.6) is 0 Å². The summed E-state index contributed by atoms with van der Waals surface area (Å²) in [5.74, 6) is 0.788. The molecule has 1 N–H and O–H groups in total. The van der Waals surface area contributed by atoms with Crippen molar-refractivity contribution in [3.05, 3.63) is 30.6 Å². The molecule has 3 rings (SSSR count). The molecular weight excluding hydrogens is 152 g/mol. The molecule has 0 saturated carbocycles. The minimum absolute atomic E-state index is 0.788. The van der Waals surface area contributed by atoms with Crippen LogP contribution in [-0.2, 0) is 0 Å². The van der Waals surface area contributed by atoms with Crippen LogP contribution in [0.1, 0.15) is 0 Å². The number of H-pyrrole nitrogens is 1. The molecule has 0 aliphatic rings. The van der Waals surface area contributed by atoms with Gasteiger partial charge in [-0.05, 0) is 12.1 Å². The maximum Gasteiger partial charge on any atom is 0.230 e. The number of hydrogen-bond donors (Lipinski definition) is 1. The van der Waals surface area contributed by atoms with Gasteiger partial charge in [0.15, 0.2) is 0 Å². The summed E-state index contributed by atoms with van der Waals surface area (Å²) >= 11 is 0. The van der Waals surface area contributed by atoms with E-state index in [0.29, 0.717) is 0 Å². The lowest BCUT2D eigenvalue weighted by Crippen LogP contribution is -1.74. The maximum atomic E-state index is 4.32. The maximum absolute atomic E-state index is 4.32. The van der Waals surface area contributed by atoms with Gasteiger partial charge in [-0.1, -0.05) is 12.1 Å². The van der Waals surface area contributed by atoms with Gasteiger partial charge in [-0.15, -0.1) is 0 Å². The van der Waals surface area contributed by atoms with Crippen molar-refractivity contribution in [2.45, 2.75) is 0 Å². The number of hydrogen-bond acceptors (Lipinski definition) is 2. The Morgan fingerprint density at radius 1 is 1.25 bits per heavy atom. The highest BCUT2D eigenvalue weighted by molar-refractivity contribution is 5.78. The van der Waals surface area contributed by atoms with Crippen LogP contribution in [0.25, 0.3) is 16.8 Å². The van der Waals surface area contributed by atoms with E-state index in [4.69, 9.17) is 0 Å². The number of para-hydroxylation sites is 2. The highest BCUT2D eigenvalue weighted by Gasteiger charge is 2.02. The van der Waals surface area contributed by atoms with Gasteiger partial charge in [-0.25, -0.2) is 10.1 Å². The molecule has 0 atom stereocenters. The Morgan fingerprint density at radius 3 is 3.17 bits per heavy atom. The van der Waals surface area contributed by atoms with Crippen LogP contribution in [0.2, 0.25) is 0 Å². The summed E-state index contributed by atoms with van der Waals surface area (Å²) in [5.41, 5.74) is 2.08. The summed E-state index contributed by atoms with van der Waals surface area (Å²) in [6, 6.07) is 7.96. The number of rotatable bonds is 0. The molecule has 0 radical (unpaired) electrons. The van der Waals surface area contributed by atoms with Crippen molar-refractivity contribution < 1.29 is 0 Å². The van der Waals surface area contributed by atoms with Gasteiger partial charge in [-0.2, -0.15) is 5.10 Å². The second-order valence-electron chi connectivity index (χ2n) is 2.65. The molecule has 58 valence electrons. The summed E-state index contributed by atoms with van der Waals surface area (Å²) < 4.78 is 1.93. The minimum Gasteiger partial charge on any atom is -0.266 e. The zero-order valence-corrected chi connectivity index (χ0v) is 6.23. The molecule has 12 heavy (non-hydrogen) atoms. The fourth-order valence-electron chi connectivity index (χ4n) is 1.38. The highest BCUT2D eigenvalue weighted by Crippen LogP contribution is 2.13. The first-order valence-corrected chi connectivity index (χ1v) is 3.71. The van der Waals surface area contributed by atoms with Crippen LogP contribution in [0, 0.1) is 0 Å². The van der Waals surface area contributed by atoms with Crippen molar-refractivity contribution in [2.24, 2.45) is 0 Å². The average Bonchev–Trinajstić information content (AvgIpc) is 2.62. The molecule has 0 spiro atoms. The van der Waals surface area contributed by atoms with E-state index in [0.717, 1.165) is 16.8 Å². The van der Waals surface area contributed by atoms with E-state index in [1.54, 1.807) is 6.33 Å². The third-order valence-electron chi connectivity index (χ3n) is 1.93. The molecule has 0 amide bonds. The first kappa shape index (κ1) is 5.77. The molecule has 4 heteroatoms. The summed E-state index contributed by atoms with van der Waals surface area (Å²) in [4.78, 5) is 4.32. The number of fused-ring (bicyclic) bond motifs is 3. The van der Waals surface area contributed by atoms with Crippen molar-refractivity contribution in [1.82, 2.24) is 19.6 Å². The van der Waals surface area contributed by atoms with Gasteiger partial charge in [-0.3, -0.25) is 4.40 Å². The Balaban J connectivity index is 2.68. The molecule has 0 saturated heterocycles. The van der Waals surface area contributed by atoms with Gasteiger partial charge in [0.2, 0.25) is 5.78 Å². The van der Waals surface area contributed by atoms with Gasteiger partial charge in [0, 0.05) is 0 Å². The second kappa shape index (κ2) is 1.85. The molecule has 0 aliphatic carbocycles. The number of nitrogens with zero attached hydrogens (tertiary/aromatic N) is 3. The minimum atomic E-state index is 0.788. The van der Waals surface area contributed by atoms with Crippen LogP contribution in [0.4, 0.5) is 0 Å². The molecule has 2 aromatic heterocycles. The predicted octanol–water partition coefficient (Wildman–Crippen LogP) is 1.21. The smallest absolute Gasteiger partial charge is 0.230 e. The van der Waals surface area contributed by atoms with Crippen LogP contribution >= 0.6 is 0 Å². The standard InChI is InChI=1S/C8H6N4/c1-2-4-7-6(3-1)10-8-11-9-5-12(7)8/h1-5H,(H,10,11). The van der Waals surface area contributed by atoms with Crippen LogP contribution in [-0.4, -0.2) is 19.6 Å². The summed E-state index contributed by atoms with van der Waals surface area (Å²) in [7, 11) is 0. The number of aromatic amines is 1. The van der Waals surface area contributed by atoms with Crippen molar-refractivity contribution >= 4 is 16.8 Å².